The quantitative estimate of drug-likeness (QED) is 0.455. The average molecular weight is 479 g/mol. The zero-order valence-corrected chi connectivity index (χ0v) is 18.9. The van der Waals surface area contributed by atoms with E-state index < -0.39 is 10.0 Å². The normalized spacial score (nSPS) is 11.1. The molecule has 6 nitrogen and oxygen atoms in total. The first-order chi connectivity index (χ1) is 14.8. The molecule has 0 fully saturated rings. The molecule has 1 amide bonds. The number of rotatable bonds is 8. The molecule has 0 saturated carbocycles. The Balaban J connectivity index is 1.61. The summed E-state index contributed by atoms with van der Waals surface area (Å²) in [6.07, 6.45) is 0.794. The molecule has 3 aromatic carbocycles. The molecule has 0 bridgehead atoms. The maximum Gasteiger partial charge on any atom is 0.262 e. The van der Waals surface area contributed by atoms with Crippen LogP contribution in [0.3, 0.4) is 0 Å². The molecule has 31 heavy (non-hydrogen) atoms. The number of amides is 1. The Kier molecular flexibility index (Phi) is 7.43. The maximum absolute atomic E-state index is 12.6. The number of halogens is 2. The second kappa shape index (κ2) is 10.0. The molecule has 0 aliphatic heterocycles. The molecule has 0 spiro atoms. The zero-order chi connectivity index (χ0) is 22.4. The maximum atomic E-state index is 12.6. The van der Waals surface area contributed by atoms with Gasteiger partial charge in [0.15, 0.2) is 6.61 Å². The van der Waals surface area contributed by atoms with Gasteiger partial charge in [-0.15, -0.1) is 0 Å². The number of nitrogens with one attached hydrogen (secondary N) is 2. The van der Waals surface area contributed by atoms with E-state index in [2.05, 4.69) is 10.0 Å². The largest absolute Gasteiger partial charge is 0.484 e. The summed E-state index contributed by atoms with van der Waals surface area (Å²) >= 11 is 11.8. The average Bonchev–Trinajstić information content (AvgIpc) is 2.72. The van der Waals surface area contributed by atoms with Gasteiger partial charge in [0, 0.05) is 15.7 Å². The van der Waals surface area contributed by atoms with E-state index in [4.69, 9.17) is 27.9 Å². The van der Waals surface area contributed by atoms with Gasteiger partial charge in [0.2, 0.25) is 0 Å². The first-order valence-electron chi connectivity index (χ1n) is 9.36. The lowest BCUT2D eigenvalue weighted by molar-refractivity contribution is -0.118. The van der Waals surface area contributed by atoms with Crippen molar-refractivity contribution in [1.82, 2.24) is 0 Å². The van der Waals surface area contributed by atoms with Gasteiger partial charge in [-0.2, -0.15) is 0 Å². The van der Waals surface area contributed by atoms with Crippen LogP contribution in [-0.2, 0) is 21.2 Å². The van der Waals surface area contributed by atoms with Crippen LogP contribution in [0.15, 0.2) is 71.6 Å². The van der Waals surface area contributed by atoms with Crippen molar-refractivity contribution in [1.29, 1.82) is 0 Å². The Labute approximate surface area is 191 Å². The molecule has 0 heterocycles. The summed E-state index contributed by atoms with van der Waals surface area (Å²) in [5, 5.41) is 3.44. The summed E-state index contributed by atoms with van der Waals surface area (Å²) in [5.41, 5.74) is 2.02. The predicted molar refractivity (Wildman–Crippen MR) is 124 cm³/mol. The number of carbonyl (C=O) groups excluding carboxylic acids is 1. The predicted octanol–water partition coefficient (Wildman–Crippen LogP) is 5.37. The van der Waals surface area contributed by atoms with Crippen LogP contribution in [0.25, 0.3) is 0 Å². The SMILES string of the molecule is CCc1ccccc1NC(=O)COc1ccc(S(=O)(=O)Nc2cc(Cl)cc(Cl)c2)cc1. The highest BCUT2D eigenvalue weighted by molar-refractivity contribution is 7.92. The number of benzene rings is 3. The van der Waals surface area contributed by atoms with E-state index in [0.717, 1.165) is 17.7 Å². The lowest BCUT2D eigenvalue weighted by atomic mass is 10.1. The van der Waals surface area contributed by atoms with Crippen LogP contribution in [0.5, 0.6) is 5.75 Å². The fourth-order valence-corrected chi connectivity index (χ4v) is 4.39. The van der Waals surface area contributed by atoms with Gasteiger partial charge in [-0.1, -0.05) is 48.3 Å². The third-order valence-electron chi connectivity index (χ3n) is 4.29. The number of ether oxygens (including phenoxy) is 1. The van der Waals surface area contributed by atoms with Gasteiger partial charge in [-0.25, -0.2) is 8.42 Å². The monoisotopic (exact) mass is 478 g/mol. The second-order valence-corrected chi connectivity index (χ2v) is 9.14. The van der Waals surface area contributed by atoms with Gasteiger partial charge >= 0.3 is 0 Å². The van der Waals surface area contributed by atoms with Gasteiger partial charge in [0.25, 0.3) is 15.9 Å². The Morgan fingerprint density at radius 1 is 0.968 bits per heavy atom. The van der Waals surface area contributed by atoms with Gasteiger partial charge in [0.05, 0.1) is 10.6 Å². The van der Waals surface area contributed by atoms with E-state index in [9.17, 15) is 13.2 Å². The summed E-state index contributed by atoms with van der Waals surface area (Å²) in [5.74, 6) is 0.0563. The minimum Gasteiger partial charge on any atom is -0.484 e. The molecule has 0 atom stereocenters. The number of sulfonamides is 1. The lowest BCUT2D eigenvalue weighted by Crippen LogP contribution is -2.21. The smallest absolute Gasteiger partial charge is 0.262 e. The van der Waals surface area contributed by atoms with Crippen LogP contribution in [0.4, 0.5) is 11.4 Å². The molecule has 0 radical (unpaired) electrons. The first kappa shape index (κ1) is 22.9. The van der Waals surface area contributed by atoms with Crippen LogP contribution in [-0.4, -0.2) is 20.9 Å². The molecule has 2 N–H and O–H groups in total. The van der Waals surface area contributed by atoms with E-state index >= 15 is 0 Å². The lowest BCUT2D eigenvalue weighted by Gasteiger charge is -2.11. The molecular weight excluding hydrogens is 459 g/mol. The summed E-state index contributed by atoms with van der Waals surface area (Å²) in [6, 6.07) is 17.7. The molecular formula is C22H20Cl2N2O4S. The molecule has 0 unspecified atom stereocenters. The Morgan fingerprint density at radius 2 is 1.61 bits per heavy atom. The summed E-state index contributed by atoms with van der Waals surface area (Å²) in [4.78, 5) is 12.2. The standard InChI is InChI=1S/C22H20Cl2N2O4S/c1-2-15-5-3-4-6-21(15)25-22(27)14-30-19-7-9-20(10-8-19)31(28,29)26-18-12-16(23)11-17(24)13-18/h3-13,26H,2,14H2,1H3,(H,25,27). The molecule has 0 saturated heterocycles. The molecule has 3 aromatic rings. The van der Waals surface area contributed by atoms with Crippen molar-refractivity contribution >= 4 is 50.5 Å². The number of carbonyl (C=O) groups is 1. The number of aryl methyl sites for hydroxylation is 1. The van der Waals surface area contributed by atoms with Gasteiger partial charge < -0.3 is 10.1 Å². The van der Waals surface area contributed by atoms with E-state index in [1.807, 2.05) is 31.2 Å². The molecule has 162 valence electrons. The molecule has 0 aromatic heterocycles. The Bertz CT molecular complexity index is 1160. The van der Waals surface area contributed by atoms with Crippen LogP contribution in [0.1, 0.15) is 12.5 Å². The van der Waals surface area contributed by atoms with Crippen molar-refractivity contribution in [3.63, 3.8) is 0 Å². The van der Waals surface area contributed by atoms with Crippen molar-refractivity contribution in [2.75, 3.05) is 16.6 Å². The number of para-hydroxylation sites is 1. The van der Waals surface area contributed by atoms with Crippen LogP contribution in [0.2, 0.25) is 10.0 Å². The molecule has 9 heteroatoms. The summed E-state index contributed by atoms with van der Waals surface area (Å²) in [7, 11) is -3.85. The van der Waals surface area contributed by atoms with Crippen LogP contribution >= 0.6 is 23.2 Å². The summed E-state index contributed by atoms with van der Waals surface area (Å²) < 4.78 is 33.0. The summed E-state index contributed by atoms with van der Waals surface area (Å²) in [6.45, 7) is 1.80. The third kappa shape index (κ3) is 6.37. The topological polar surface area (TPSA) is 84.5 Å². The van der Waals surface area contributed by atoms with Gasteiger partial charge in [0.1, 0.15) is 5.75 Å². The second-order valence-electron chi connectivity index (χ2n) is 6.58. The fourth-order valence-electron chi connectivity index (χ4n) is 2.83. The minimum atomic E-state index is -3.85. The zero-order valence-electron chi connectivity index (χ0n) is 16.6. The van der Waals surface area contributed by atoms with E-state index in [-0.39, 0.29) is 23.1 Å². The number of hydrogen-bond acceptors (Lipinski definition) is 4. The minimum absolute atomic E-state index is 0.0253. The van der Waals surface area contributed by atoms with Gasteiger partial charge in [-0.3, -0.25) is 9.52 Å². The highest BCUT2D eigenvalue weighted by Crippen LogP contribution is 2.25. The Morgan fingerprint density at radius 3 is 2.26 bits per heavy atom. The van der Waals surface area contributed by atoms with Gasteiger partial charge in [-0.05, 0) is 60.5 Å². The van der Waals surface area contributed by atoms with E-state index in [1.54, 1.807) is 0 Å². The Hall–Kier alpha value is -2.74. The first-order valence-corrected chi connectivity index (χ1v) is 11.6. The van der Waals surface area contributed by atoms with Crippen molar-refractivity contribution < 1.29 is 17.9 Å². The number of anilines is 2. The highest BCUT2D eigenvalue weighted by atomic mass is 35.5. The van der Waals surface area contributed by atoms with E-state index in [1.165, 1.54) is 42.5 Å². The molecule has 3 rings (SSSR count). The third-order valence-corrected chi connectivity index (χ3v) is 6.12. The van der Waals surface area contributed by atoms with Crippen molar-refractivity contribution in [3.8, 4) is 5.75 Å². The van der Waals surface area contributed by atoms with Crippen LogP contribution < -0.4 is 14.8 Å². The highest BCUT2D eigenvalue weighted by Gasteiger charge is 2.15. The van der Waals surface area contributed by atoms with Crippen molar-refractivity contribution in [2.45, 2.75) is 18.2 Å². The molecule has 0 aliphatic carbocycles. The van der Waals surface area contributed by atoms with Crippen molar-refractivity contribution in [2.24, 2.45) is 0 Å². The van der Waals surface area contributed by atoms with Crippen LogP contribution in [0, 0.1) is 0 Å². The van der Waals surface area contributed by atoms with E-state index in [0.29, 0.717) is 15.8 Å². The number of hydrogen-bond donors (Lipinski definition) is 2. The molecule has 0 aliphatic rings. The fraction of sp³-hybridized carbons (Fsp3) is 0.136. The van der Waals surface area contributed by atoms with Crippen molar-refractivity contribution in [3.05, 3.63) is 82.3 Å².